The number of aryl methyl sites for hydroxylation is 6. The van der Waals surface area contributed by atoms with Crippen molar-refractivity contribution in [1.29, 1.82) is 0 Å². The molecule has 0 N–H and O–H groups in total. The molecule has 0 unspecified atom stereocenters. The first-order valence-corrected chi connectivity index (χ1v) is 45.3. The van der Waals surface area contributed by atoms with Gasteiger partial charge in [-0.05, 0) is 233 Å². The molecule has 8 aliphatic rings. The van der Waals surface area contributed by atoms with Gasteiger partial charge in [0.2, 0.25) is 5.91 Å². The summed E-state index contributed by atoms with van der Waals surface area (Å²) in [7, 11) is 0. The summed E-state index contributed by atoms with van der Waals surface area (Å²) in [4.78, 5) is 121. The third-order valence-electron chi connectivity index (χ3n) is 24.7. The van der Waals surface area contributed by atoms with Gasteiger partial charge in [-0.25, -0.2) is 52.6 Å². The molecule has 23 nitrogen and oxygen atoms in total. The number of piperazine rings is 3. The molecule has 0 bridgehead atoms. The van der Waals surface area contributed by atoms with Crippen molar-refractivity contribution in [3.63, 3.8) is 0 Å². The minimum atomic E-state index is -4.44. The Labute approximate surface area is 777 Å². The van der Waals surface area contributed by atoms with E-state index < -0.39 is 29.7 Å². The van der Waals surface area contributed by atoms with Gasteiger partial charge in [0.05, 0.1) is 38.2 Å². The summed E-state index contributed by atoms with van der Waals surface area (Å²) >= 11 is 12.8. The van der Waals surface area contributed by atoms with Crippen LogP contribution >= 0.6 is 23.2 Å². The van der Waals surface area contributed by atoms with E-state index in [-0.39, 0.29) is 109 Å². The number of aromatic nitrogens is 9. The molecule has 9 aromatic rings. The van der Waals surface area contributed by atoms with E-state index in [1.54, 1.807) is 29.6 Å². The molecule has 3 aromatic carbocycles. The second kappa shape index (κ2) is 38.4. The van der Waals surface area contributed by atoms with Crippen molar-refractivity contribution in [2.45, 2.75) is 265 Å². The second-order valence-corrected chi connectivity index (χ2v) is 37.1. The molecule has 30 heteroatoms. The van der Waals surface area contributed by atoms with Crippen molar-refractivity contribution in [2.75, 3.05) is 73.6 Å². The third-order valence-corrected chi connectivity index (χ3v) is 25.4. The van der Waals surface area contributed by atoms with E-state index in [2.05, 4.69) is 130 Å². The van der Waals surface area contributed by atoms with E-state index in [0.717, 1.165) is 118 Å². The number of ether oxygens (including phenoxy) is 2. The van der Waals surface area contributed by atoms with Crippen LogP contribution in [0.5, 0.6) is 0 Å². The molecule has 656 valence electrons. The van der Waals surface area contributed by atoms with E-state index in [9.17, 15) is 41.7 Å². The Morgan fingerprint density at radius 2 is 0.750 bits per heavy atom. The van der Waals surface area contributed by atoms with Crippen LogP contribution in [0.15, 0.2) is 99.8 Å². The van der Waals surface area contributed by atoms with Crippen molar-refractivity contribution in [2.24, 2.45) is 0 Å². The van der Waals surface area contributed by atoms with Crippen LogP contribution in [-0.4, -0.2) is 172 Å². The largest absolute Gasteiger partial charge is 1.00 e. The van der Waals surface area contributed by atoms with Crippen molar-refractivity contribution in [1.82, 2.24) is 58.3 Å². The van der Waals surface area contributed by atoms with Gasteiger partial charge in [-0.3, -0.25) is 4.79 Å². The summed E-state index contributed by atoms with van der Waals surface area (Å²) in [5.41, 5.74) is 14.0. The van der Waals surface area contributed by atoms with Gasteiger partial charge in [0, 0.05) is 100 Å². The summed E-state index contributed by atoms with van der Waals surface area (Å²) < 4.78 is 50.2. The van der Waals surface area contributed by atoms with Gasteiger partial charge in [-0.2, -0.15) is 15.0 Å². The van der Waals surface area contributed by atoms with E-state index in [1.165, 1.54) is 67.1 Å². The van der Waals surface area contributed by atoms with Crippen molar-refractivity contribution in [3.05, 3.63) is 183 Å². The maximum atomic E-state index is 14.1. The molecule has 3 atom stereocenters. The molecule has 5 aliphatic carbocycles. The minimum Gasteiger partial charge on any atom is -0.449 e. The van der Waals surface area contributed by atoms with E-state index in [0.29, 0.717) is 130 Å². The minimum absolute atomic E-state index is 0. The number of hydrogen-bond acceptors (Lipinski definition) is 17. The Hall–Kier alpha value is -8.25. The van der Waals surface area contributed by atoms with Crippen LogP contribution in [-0.2, 0) is 52.8 Å². The first-order valence-electron chi connectivity index (χ1n) is 44.5. The van der Waals surface area contributed by atoms with Crippen LogP contribution in [0.2, 0.25) is 16.0 Å². The number of halogens is 5. The second-order valence-electron chi connectivity index (χ2n) is 36.4. The first kappa shape index (κ1) is 93.4. The van der Waals surface area contributed by atoms with Crippen LogP contribution in [0, 0.1) is 0 Å². The topological polar surface area (TPSA) is 232 Å². The first-order chi connectivity index (χ1) is 58.6. The molecule has 124 heavy (non-hydrogen) atoms. The molecule has 9 heterocycles. The molecule has 6 aromatic heterocycles. The standard InChI is InChI=1S/C33H43N5O3.C31H37N5O2.C27H33Cl2N5O3.C3H5BF3.K/c1-7-21-10-9-11-22(8-2)28(21)38-30-26(18-25(23-12-13-23)27(34-30)24-14-15-24)29(35-31(38)39)37-17-16-36(19-20(37)3)32(40)41-33(4,5)6;1-5-20-9-8-10-21(6-2)28(20)36-30-25(17-24(22-11-12-22)27(32-30)23-13-14-23)29(33-31(36)38)35-16-15-34(18-19(35)4)26(37)7-3;1-7-17-10-9-11-18(8-2)21(17)34-24-19(14-20(28)22(29)30-24)23(31-25(34)35)33-13-12-32(15-16(33)3)26(36)37-27(4,5)6;5-4(6,7)3-1-2-3;/h9-11,18,20,23-24H,7-8,12-17,19H2,1-6H3;7-10,17,19,22-23H,3,5-6,11-16,18H2,1-2,4H3;9-11,14,16H,7-8,12-13,15H2,1-6H3;3H,1-2H2;/q;;;-1;+1/t20-;19-;16-;;/m000../s1. The van der Waals surface area contributed by atoms with Crippen LogP contribution in [0.3, 0.4) is 0 Å². The van der Waals surface area contributed by atoms with Gasteiger partial charge in [0.15, 0.2) is 16.9 Å². The Morgan fingerprint density at radius 1 is 0.452 bits per heavy atom. The number of carbonyl (C=O) groups excluding carboxylic acids is 3. The number of rotatable bonds is 18. The average molecular weight is 1760 g/mol. The molecule has 17 rings (SSSR count). The Balaban J connectivity index is 0.000000153. The van der Waals surface area contributed by atoms with E-state index >= 15 is 0 Å². The average Bonchev–Trinajstić information content (AvgIpc) is 1.40. The number of fused-ring (bicyclic) bond motifs is 3. The molecule has 0 spiro atoms. The number of pyridine rings is 3. The Morgan fingerprint density at radius 3 is 1.02 bits per heavy atom. The maximum Gasteiger partial charge on any atom is 1.00 e. The van der Waals surface area contributed by atoms with Crippen LogP contribution in [0.25, 0.3) is 50.2 Å². The number of nitrogens with zero attached hydrogens (tertiary/aromatic N) is 15. The predicted molar refractivity (Wildman–Crippen MR) is 484 cm³/mol. The number of benzene rings is 3. The fourth-order valence-electron chi connectivity index (χ4n) is 17.6. The Bertz CT molecular complexity index is 5670. The fourth-order valence-corrected chi connectivity index (χ4v) is 17.9. The summed E-state index contributed by atoms with van der Waals surface area (Å²) in [5, 5.41) is 2.90. The van der Waals surface area contributed by atoms with Gasteiger partial charge in [0.1, 0.15) is 33.8 Å². The molecular weight excluding hydrogens is 1640 g/mol. The summed E-state index contributed by atoms with van der Waals surface area (Å²) in [6, 6.07) is 24.8. The SMILES string of the molecule is C=CC(=O)N1CCN(c2nc(=O)n(-c3c(CC)cccc3CC)c3nc(C4CC4)c(C4CC4)cc23)[C@@H](C)C1.CCc1cccc(CC)c1-n1c(=O)nc(N2CCN(C(=O)OC(C)(C)C)C[C@@H]2C)c2cc(C3CC3)c(C3CC3)nc21.CCc1cccc(CC)c1-n1c(=O)nc(N2CCN(C(=O)OC(C)(C)C)C[C@@H]2C)c2cc(Cl)c(Cl)nc21.F[B-](F)(F)C1CC1.[K+]. The number of para-hydroxylation sites is 3. The van der Waals surface area contributed by atoms with Gasteiger partial charge in [0.25, 0.3) is 0 Å². The molecule has 8 fully saturated rings. The van der Waals surface area contributed by atoms with Crippen molar-refractivity contribution >= 4 is 98.8 Å². The number of amides is 3. The van der Waals surface area contributed by atoms with Crippen LogP contribution in [0.4, 0.5) is 40.0 Å². The van der Waals surface area contributed by atoms with E-state index in [1.807, 2.05) is 76.5 Å². The zero-order chi connectivity index (χ0) is 88.2. The smallest absolute Gasteiger partial charge is 0.449 e. The molecule has 3 aliphatic heterocycles. The molecular formula is C94H118BCl2F3KN15O8. The van der Waals surface area contributed by atoms with Crippen LogP contribution < -0.4 is 83.2 Å². The molecule has 3 amide bonds. The number of carbonyl (C=O) groups is 3. The van der Waals surface area contributed by atoms with Crippen molar-refractivity contribution < 1.29 is 88.2 Å². The zero-order valence-electron chi connectivity index (χ0n) is 75.0. The van der Waals surface area contributed by atoms with Crippen LogP contribution in [0.1, 0.15) is 248 Å². The quantitative estimate of drug-likeness (QED) is 0.0441. The summed E-state index contributed by atoms with van der Waals surface area (Å²) in [6.45, 7) is 33.9. The third kappa shape index (κ3) is 20.5. The molecule has 0 radical (unpaired) electrons. The summed E-state index contributed by atoms with van der Waals surface area (Å²) in [6.07, 6.45) is 15.7. The summed E-state index contributed by atoms with van der Waals surface area (Å²) in [5.74, 6) is 3.00. The monoisotopic (exact) mass is 1760 g/mol. The fraction of sp³-hybridized carbons (Fsp3) is 0.532. The van der Waals surface area contributed by atoms with Gasteiger partial charge in [-0.15, -0.1) is 0 Å². The van der Waals surface area contributed by atoms with Gasteiger partial charge >= 0.3 is 87.6 Å². The predicted octanol–water partition coefficient (Wildman–Crippen LogP) is 15.6. The van der Waals surface area contributed by atoms with Gasteiger partial charge < -0.3 is 51.8 Å². The number of hydrogen-bond donors (Lipinski definition) is 0. The zero-order valence-corrected chi connectivity index (χ0v) is 79.6. The maximum absolute atomic E-state index is 14.1. The molecule has 3 saturated heterocycles. The van der Waals surface area contributed by atoms with Gasteiger partial charge in [-0.1, -0.05) is 145 Å². The normalized spacial score (nSPS) is 18.7. The number of anilines is 3. The van der Waals surface area contributed by atoms with Crippen molar-refractivity contribution in [3.8, 4) is 17.1 Å². The Kier molecular flexibility index (Phi) is 28.9. The molecule has 5 saturated carbocycles. The van der Waals surface area contributed by atoms with E-state index in [4.69, 9.17) is 52.6 Å².